The first-order valence-corrected chi connectivity index (χ1v) is 10.4. The predicted molar refractivity (Wildman–Crippen MR) is 90.0 cm³/mol. The first kappa shape index (κ1) is 15.8. The molecule has 2 saturated carbocycles. The maximum Gasteiger partial charge on any atom is 0.209 e. The van der Waals surface area contributed by atoms with Crippen molar-refractivity contribution in [3.05, 3.63) is 0 Å². The average Bonchev–Trinajstić information content (AvgIpc) is 3.13. The van der Waals surface area contributed by atoms with Gasteiger partial charge in [0.2, 0.25) is 5.16 Å². The van der Waals surface area contributed by atoms with Crippen LogP contribution < -0.4 is 0 Å². The molecule has 0 atom stereocenters. The van der Waals surface area contributed by atoms with E-state index in [9.17, 15) is 0 Å². The van der Waals surface area contributed by atoms with E-state index in [-0.39, 0.29) is 0 Å². The summed E-state index contributed by atoms with van der Waals surface area (Å²) in [6.07, 6.45) is 13.4. The second-order valence-electron chi connectivity index (χ2n) is 6.68. The minimum absolute atomic E-state index is 0.438. The van der Waals surface area contributed by atoms with Crippen LogP contribution in [0.1, 0.15) is 70.3 Å². The highest BCUT2D eigenvalue weighted by Gasteiger charge is 2.31. The molecule has 6 heteroatoms. The van der Waals surface area contributed by atoms with Crippen molar-refractivity contribution in [3.8, 4) is 0 Å². The van der Waals surface area contributed by atoms with Crippen LogP contribution in [0.2, 0.25) is 0 Å². The zero-order valence-corrected chi connectivity index (χ0v) is 15.0. The molecule has 0 aliphatic heterocycles. The van der Waals surface area contributed by atoms with Crippen LogP contribution in [0, 0.1) is 5.41 Å². The van der Waals surface area contributed by atoms with Crippen molar-refractivity contribution in [2.24, 2.45) is 5.41 Å². The summed E-state index contributed by atoms with van der Waals surface area (Å²) in [6.45, 7) is 0. The lowest BCUT2D eigenvalue weighted by Crippen LogP contribution is -2.25. The molecule has 0 amide bonds. The summed E-state index contributed by atoms with van der Waals surface area (Å²) >= 11 is 5.66. The minimum Gasteiger partial charge on any atom is -0.217 e. The number of hydrogen-bond donors (Lipinski definition) is 0. The molecule has 0 spiro atoms. The van der Waals surface area contributed by atoms with Crippen LogP contribution in [-0.4, -0.2) is 31.3 Å². The molecule has 0 N–H and O–H groups in total. The minimum atomic E-state index is 0.438. The van der Waals surface area contributed by atoms with Gasteiger partial charge in [-0.25, -0.2) is 4.68 Å². The first-order valence-electron chi connectivity index (χ1n) is 8.30. The molecular weight excluding hydrogens is 348 g/mol. The van der Waals surface area contributed by atoms with Gasteiger partial charge in [0.1, 0.15) is 0 Å². The second kappa shape index (κ2) is 7.44. The van der Waals surface area contributed by atoms with Crippen molar-refractivity contribution in [1.82, 2.24) is 20.2 Å². The van der Waals surface area contributed by atoms with E-state index in [1.165, 1.54) is 64.2 Å². The fourth-order valence-electron chi connectivity index (χ4n) is 3.67. The van der Waals surface area contributed by atoms with Crippen LogP contribution >= 0.6 is 27.7 Å². The van der Waals surface area contributed by atoms with E-state index in [0.29, 0.717) is 11.5 Å². The van der Waals surface area contributed by atoms with Crippen LogP contribution in [0.4, 0.5) is 0 Å². The van der Waals surface area contributed by atoms with Gasteiger partial charge in [-0.3, -0.25) is 0 Å². The largest absolute Gasteiger partial charge is 0.217 e. The van der Waals surface area contributed by atoms with Crippen molar-refractivity contribution in [3.63, 3.8) is 0 Å². The van der Waals surface area contributed by atoms with E-state index in [0.717, 1.165) is 16.2 Å². The monoisotopic (exact) mass is 372 g/mol. The quantitative estimate of drug-likeness (QED) is 0.429. The van der Waals surface area contributed by atoms with Crippen molar-refractivity contribution < 1.29 is 0 Å². The number of rotatable bonds is 5. The Morgan fingerprint density at radius 1 is 1.10 bits per heavy atom. The normalized spacial score (nSPS) is 23.3. The fraction of sp³-hybridized carbons (Fsp3) is 0.933. The van der Waals surface area contributed by atoms with Gasteiger partial charge in [0.05, 0.1) is 6.04 Å². The van der Waals surface area contributed by atoms with E-state index >= 15 is 0 Å². The van der Waals surface area contributed by atoms with Gasteiger partial charge in [-0.15, -0.1) is 5.10 Å². The number of nitrogens with zero attached hydrogens (tertiary/aromatic N) is 4. The molecule has 2 aliphatic carbocycles. The van der Waals surface area contributed by atoms with Crippen molar-refractivity contribution >= 4 is 27.7 Å². The van der Waals surface area contributed by atoms with Gasteiger partial charge in [0, 0.05) is 11.1 Å². The smallest absolute Gasteiger partial charge is 0.209 e. The molecule has 0 bridgehead atoms. The van der Waals surface area contributed by atoms with Gasteiger partial charge >= 0.3 is 0 Å². The third-order valence-corrected chi connectivity index (χ3v) is 7.56. The second-order valence-corrected chi connectivity index (χ2v) is 8.18. The maximum atomic E-state index is 4.28. The third kappa shape index (κ3) is 3.81. The molecule has 1 heterocycles. The first-order chi connectivity index (χ1) is 10.3. The van der Waals surface area contributed by atoms with E-state index < -0.39 is 0 Å². The molecule has 21 heavy (non-hydrogen) atoms. The zero-order valence-electron chi connectivity index (χ0n) is 12.6. The molecule has 118 valence electrons. The lowest BCUT2D eigenvalue weighted by atomic mass is 9.85. The van der Waals surface area contributed by atoms with Gasteiger partial charge in [-0.1, -0.05) is 66.2 Å². The Kier molecular flexibility index (Phi) is 5.60. The molecule has 0 radical (unpaired) electrons. The number of aromatic nitrogens is 4. The summed E-state index contributed by atoms with van der Waals surface area (Å²) in [5.41, 5.74) is 0.438. The molecular formula is C15H25BrN4S. The topological polar surface area (TPSA) is 43.6 Å². The molecule has 0 aromatic carbocycles. The summed E-state index contributed by atoms with van der Waals surface area (Å²) in [5.74, 6) is 1.14. The Morgan fingerprint density at radius 2 is 1.81 bits per heavy atom. The molecule has 2 aliphatic rings. The third-order valence-electron chi connectivity index (χ3n) is 5.09. The fourth-order valence-corrected chi connectivity index (χ4v) is 5.93. The Hall–Kier alpha value is -0.100. The standard InChI is InChI=1S/C15H25BrN4S/c16-11-15(9-5-1-2-6-10-15)12-21-14-17-18-19-20(14)13-7-3-4-8-13/h13H,1-12H2. The zero-order chi connectivity index (χ0) is 14.5. The lowest BCUT2D eigenvalue weighted by molar-refractivity contribution is 0.333. The van der Waals surface area contributed by atoms with E-state index in [2.05, 4.69) is 36.1 Å². The van der Waals surface area contributed by atoms with Gasteiger partial charge in [0.15, 0.2) is 0 Å². The van der Waals surface area contributed by atoms with Gasteiger partial charge in [-0.05, 0) is 41.5 Å². The van der Waals surface area contributed by atoms with E-state index in [1.807, 2.05) is 11.8 Å². The predicted octanol–water partition coefficient (Wildman–Crippen LogP) is 4.62. The Labute approximate surface area is 140 Å². The molecule has 0 unspecified atom stereocenters. The summed E-state index contributed by atoms with van der Waals surface area (Å²) in [5, 5.41) is 14.6. The number of halogens is 1. The van der Waals surface area contributed by atoms with Crippen LogP contribution in [0.5, 0.6) is 0 Å². The number of alkyl halides is 1. The van der Waals surface area contributed by atoms with Crippen molar-refractivity contribution in [2.75, 3.05) is 11.1 Å². The Bertz CT molecular complexity index is 437. The highest BCUT2D eigenvalue weighted by atomic mass is 79.9. The number of thioether (sulfide) groups is 1. The highest BCUT2D eigenvalue weighted by Crippen LogP contribution is 2.41. The van der Waals surface area contributed by atoms with Crippen LogP contribution in [0.25, 0.3) is 0 Å². The molecule has 1 aromatic heterocycles. The van der Waals surface area contributed by atoms with Crippen LogP contribution in [0.15, 0.2) is 5.16 Å². The Balaban J connectivity index is 1.64. The SMILES string of the molecule is BrCC1(CSc2nnnn2C2CCCC2)CCCCCC1. The van der Waals surface area contributed by atoms with Crippen LogP contribution in [0.3, 0.4) is 0 Å². The van der Waals surface area contributed by atoms with Gasteiger partial charge in [-0.2, -0.15) is 0 Å². The Morgan fingerprint density at radius 3 is 2.48 bits per heavy atom. The summed E-state index contributed by atoms with van der Waals surface area (Å²) in [6, 6.07) is 0.538. The molecule has 3 rings (SSSR count). The molecule has 0 saturated heterocycles. The number of tetrazole rings is 1. The van der Waals surface area contributed by atoms with E-state index in [4.69, 9.17) is 0 Å². The average molecular weight is 373 g/mol. The van der Waals surface area contributed by atoms with Crippen molar-refractivity contribution in [1.29, 1.82) is 0 Å². The van der Waals surface area contributed by atoms with Crippen LogP contribution in [-0.2, 0) is 0 Å². The van der Waals surface area contributed by atoms with Gasteiger partial charge in [0.25, 0.3) is 0 Å². The molecule has 2 fully saturated rings. The summed E-state index contributed by atoms with van der Waals surface area (Å²) in [7, 11) is 0. The highest BCUT2D eigenvalue weighted by molar-refractivity contribution is 9.09. The summed E-state index contributed by atoms with van der Waals surface area (Å²) < 4.78 is 2.09. The molecule has 1 aromatic rings. The number of hydrogen-bond acceptors (Lipinski definition) is 4. The van der Waals surface area contributed by atoms with Crippen molar-refractivity contribution in [2.45, 2.75) is 75.4 Å². The maximum absolute atomic E-state index is 4.28. The summed E-state index contributed by atoms with van der Waals surface area (Å²) in [4.78, 5) is 0. The lowest BCUT2D eigenvalue weighted by Gasteiger charge is -2.30. The van der Waals surface area contributed by atoms with E-state index in [1.54, 1.807) is 0 Å². The molecule has 4 nitrogen and oxygen atoms in total. The van der Waals surface area contributed by atoms with Gasteiger partial charge < -0.3 is 0 Å².